The molecule has 2 N–H and O–H groups in total. The predicted octanol–water partition coefficient (Wildman–Crippen LogP) is 2.93. The molecule has 0 saturated carbocycles. The minimum Gasteiger partial charge on any atom is -0.324 e. The first-order valence-corrected chi connectivity index (χ1v) is 6.32. The summed E-state index contributed by atoms with van der Waals surface area (Å²) in [4.78, 5) is 4.59. The number of nitrogens with zero attached hydrogens (tertiary/aromatic N) is 2. The Morgan fingerprint density at radius 2 is 2.06 bits per heavy atom. The summed E-state index contributed by atoms with van der Waals surface area (Å²) < 4.78 is 2.96. The second kappa shape index (κ2) is 4.63. The fourth-order valence-corrected chi connectivity index (χ4v) is 2.37. The zero-order valence-electron chi connectivity index (χ0n) is 10.3. The van der Waals surface area contributed by atoms with Crippen LogP contribution in [0.2, 0.25) is 0 Å². The van der Waals surface area contributed by atoms with Gasteiger partial charge in [-0.1, -0.05) is 17.7 Å². The number of aryl methyl sites for hydroxylation is 2. The van der Waals surface area contributed by atoms with E-state index in [1.807, 2.05) is 11.6 Å². The molecule has 0 aliphatic carbocycles. The van der Waals surface area contributed by atoms with E-state index in [-0.39, 0.29) is 0 Å². The molecule has 3 nitrogen and oxygen atoms in total. The lowest BCUT2D eigenvalue weighted by Gasteiger charge is -2.05. The zero-order valence-corrected chi connectivity index (χ0v) is 11.9. The Bertz CT molecular complexity index is 558. The molecule has 17 heavy (non-hydrogen) atoms. The highest BCUT2D eigenvalue weighted by Crippen LogP contribution is 2.30. The van der Waals surface area contributed by atoms with Crippen molar-refractivity contribution < 1.29 is 0 Å². The molecule has 0 radical (unpaired) electrons. The highest BCUT2D eigenvalue weighted by molar-refractivity contribution is 9.10. The van der Waals surface area contributed by atoms with Crippen molar-refractivity contribution in [1.29, 1.82) is 0 Å². The van der Waals surface area contributed by atoms with Crippen LogP contribution in [0.5, 0.6) is 0 Å². The fraction of sp³-hybridized carbons (Fsp3) is 0.308. The third-order valence-electron chi connectivity index (χ3n) is 2.95. The second-order valence-electron chi connectivity index (χ2n) is 4.25. The van der Waals surface area contributed by atoms with Gasteiger partial charge in [-0.2, -0.15) is 0 Å². The van der Waals surface area contributed by atoms with Crippen molar-refractivity contribution in [1.82, 2.24) is 9.55 Å². The van der Waals surface area contributed by atoms with Crippen LogP contribution < -0.4 is 5.73 Å². The standard InChI is InChI=1S/C13H16BrN3/c1-8-4-5-9(2)10(6-8)12-13(14)17(3)11(7-15)16-12/h4-6H,7,15H2,1-3H3. The van der Waals surface area contributed by atoms with E-state index in [1.165, 1.54) is 11.1 Å². The van der Waals surface area contributed by atoms with Gasteiger partial charge in [-0.3, -0.25) is 0 Å². The van der Waals surface area contributed by atoms with Gasteiger partial charge >= 0.3 is 0 Å². The van der Waals surface area contributed by atoms with Crippen molar-refractivity contribution in [3.8, 4) is 11.3 Å². The van der Waals surface area contributed by atoms with Crippen molar-refractivity contribution in [2.24, 2.45) is 12.8 Å². The Kier molecular flexibility index (Phi) is 3.35. The van der Waals surface area contributed by atoms with Crippen LogP contribution >= 0.6 is 15.9 Å². The van der Waals surface area contributed by atoms with Gasteiger partial charge in [0.15, 0.2) is 0 Å². The lowest BCUT2D eigenvalue weighted by Crippen LogP contribution is -2.04. The van der Waals surface area contributed by atoms with Gasteiger partial charge in [0.05, 0.1) is 6.54 Å². The molecule has 0 saturated heterocycles. The van der Waals surface area contributed by atoms with Gasteiger partial charge in [0.25, 0.3) is 0 Å². The number of aromatic nitrogens is 2. The van der Waals surface area contributed by atoms with Crippen LogP contribution in [0.15, 0.2) is 22.8 Å². The first-order valence-electron chi connectivity index (χ1n) is 5.53. The zero-order chi connectivity index (χ0) is 12.6. The third kappa shape index (κ3) is 2.15. The highest BCUT2D eigenvalue weighted by atomic mass is 79.9. The summed E-state index contributed by atoms with van der Waals surface area (Å²) in [6, 6.07) is 6.39. The van der Waals surface area contributed by atoms with Gasteiger partial charge in [-0.15, -0.1) is 0 Å². The molecule has 2 rings (SSSR count). The molecule has 0 unspecified atom stereocenters. The third-order valence-corrected chi connectivity index (χ3v) is 3.86. The molecular formula is C13H16BrN3. The van der Waals surface area contributed by atoms with Gasteiger partial charge in [-0.05, 0) is 41.4 Å². The Labute approximate surface area is 110 Å². The first-order chi connectivity index (χ1) is 8.04. The van der Waals surface area contributed by atoms with E-state index in [0.717, 1.165) is 21.7 Å². The molecule has 1 aromatic heterocycles. The molecule has 0 bridgehead atoms. The smallest absolute Gasteiger partial charge is 0.123 e. The Balaban J connectivity index is 2.64. The van der Waals surface area contributed by atoms with Crippen LogP contribution in [0, 0.1) is 13.8 Å². The number of hydrogen-bond acceptors (Lipinski definition) is 2. The van der Waals surface area contributed by atoms with E-state index < -0.39 is 0 Å². The maximum Gasteiger partial charge on any atom is 0.123 e. The summed E-state index contributed by atoms with van der Waals surface area (Å²) in [5, 5.41) is 0. The van der Waals surface area contributed by atoms with Crippen LogP contribution in [0.4, 0.5) is 0 Å². The van der Waals surface area contributed by atoms with Gasteiger partial charge in [0.2, 0.25) is 0 Å². The molecule has 1 aromatic carbocycles. The minimum absolute atomic E-state index is 0.444. The number of halogens is 1. The van der Waals surface area contributed by atoms with E-state index in [4.69, 9.17) is 5.73 Å². The van der Waals surface area contributed by atoms with E-state index in [0.29, 0.717) is 6.54 Å². The summed E-state index contributed by atoms with van der Waals surface area (Å²) in [6.45, 7) is 4.63. The number of rotatable bonds is 2. The maximum atomic E-state index is 5.67. The quantitative estimate of drug-likeness (QED) is 0.925. The molecule has 0 aliphatic heterocycles. The Morgan fingerprint density at radius 1 is 1.35 bits per heavy atom. The monoisotopic (exact) mass is 293 g/mol. The molecule has 0 amide bonds. The van der Waals surface area contributed by atoms with Gasteiger partial charge in [-0.25, -0.2) is 4.98 Å². The summed E-state index contributed by atoms with van der Waals surface area (Å²) in [5.74, 6) is 0.882. The Hall–Kier alpha value is -1.13. The molecule has 0 fully saturated rings. The second-order valence-corrected chi connectivity index (χ2v) is 5.00. The summed E-state index contributed by atoms with van der Waals surface area (Å²) in [7, 11) is 1.97. The molecule has 0 aliphatic rings. The molecule has 0 spiro atoms. The molecule has 4 heteroatoms. The lowest BCUT2D eigenvalue weighted by molar-refractivity contribution is 0.781. The highest BCUT2D eigenvalue weighted by Gasteiger charge is 2.14. The summed E-state index contributed by atoms with van der Waals surface area (Å²) >= 11 is 3.58. The topological polar surface area (TPSA) is 43.8 Å². The van der Waals surface area contributed by atoms with Crippen LogP contribution in [0.25, 0.3) is 11.3 Å². The lowest BCUT2D eigenvalue weighted by atomic mass is 10.0. The van der Waals surface area contributed by atoms with Crippen LogP contribution in [-0.4, -0.2) is 9.55 Å². The molecule has 2 aromatic rings. The average molecular weight is 294 g/mol. The average Bonchev–Trinajstić information content (AvgIpc) is 2.59. The van der Waals surface area contributed by atoms with E-state index in [1.54, 1.807) is 0 Å². The predicted molar refractivity (Wildman–Crippen MR) is 73.7 cm³/mol. The normalized spacial score (nSPS) is 10.9. The van der Waals surface area contributed by atoms with Crippen molar-refractivity contribution >= 4 is 15.9 Å². The van der Waals surface area contributed by atoms with Crippen molar-refractivity contribution in [3.63, 3.8) is 0 Å². The number of imidazole rings is 1. The number of benzene rings is 1. The van der Waals surface area contributed by atoms with Gasteiger partial charge < -0.3 is 10.3 Å². The minimum atomic E-state index is 0.444. The van der Waals surface area contributed by atoms with Crippen molar-refractivity contribution in [2.45, 2.75) is 20.4 Å². The van der Waals surface area contributed by atoms with Crippen LogP contribution in [0.3, 0.4) is 0 Å². The SMILES string of the molecule is Cc1ccc(C)c(-c2nc(CN)n(C)c2Br)c1. The summed E-state index contributed by atoms with van der Waals surface area (Å²) in [5.41, 5.74) is 10.3. The molecular weight excluding hydrogens is 278 g/mol. The van der Waals surface area contributed by atoms with Crippen molar-refractivity contribution in [3.05, 3.63) is 39.8 Å². The van der Waals surface area contributed by atoms with Crippen LogP contribution in [0.1, 0.15) is 17.0 Å². The Morgan fingerprint density at radius 3 is 2.65 bits per heavy atom. The fourth-order valence-electron chi connectivity index (χ4n) is 1.87. The maximum absolute atomic E-state index is 5.67. The summed E-state index contributed by atoms with van der Waals surface area (Å²) in [6.07, 6.45) is 0. The van der Waals surface area contributed by atoms with E-state index >= 15 is 0 Å². The van der Waals surface area contributed by atoms with Gasteiger partial charge in [0.1, 0.15) is 16.1 Å². The molecule has 90 valence electrons. The van der Waals surface area contributed by atoms with E-state index in [9.17, 15) is 0 Å². The largest absolute Gasteiger partial charge is 0.324 e. The van der Waals surface area contributed by atoms with E-state index in [2.05, 4.69) is 53.0 Å². The van der Waals surface area contributed by atoms with Crippen LogP contribution in [-0.2, 0) is 13.6 Å². The van der Waals surface area contributed by atoms with Crippen molar-refractivity contribution in [2.75, 3.05) is 0 Å². The van der Waals surface area contributed by atoms with Gasteiger partial charge in [0, 0.05) is 12.6 Å². The number of nitrogens with two attached hydrogens (primary N) is 1. The number of hydrogen-bond donors (Lipinski definition) is 1. The molecule has 1 heterocycles. The molecule has 0 atom stereocenters. The first kappa shape index (κ1) is 12.3.